The van der Waals surface area contributed by atoms with E-state index in [1.807, 2.05) is 66.7 Å². The van der Waals surface area contributed by atoms with E-state index >= 15 is 0 Å². The molecule has 1 fully saturated rings. The first-order valence-corrected chi connectivity index (χ1v) is 12.7. The van der Waals surface area contributed by atoms with Crippen molar-refractivity contribution >= 4 is 34.1 Å². The van der Waals surface area contributed by atoms with Crippen molar-refractivity contribution in [2.75, 3.05) is 5.32 Å². The van der Waals surface area contributed by atoms with E-state index in [0.717, 1.165) is 40.0 Å². The minimum Gasteiger partial charge on any atom is -0.322 e. The number of hydrogen-bond donors (Lipinski definition) is 1. The summed E-state index contributed by atoms with van der Waals surface area (Å²) in [6.45, 7) is 5.51. The molecule has 0 saturated carbocycles. The molecule has 2 atom stereocenters. The molecule has 1 aliphatic heterocycles. The van der Waals surface area contributed by atoms with Gasteiger partial charge in [0.2, 0.25) is 0 Å². The van der Waals surface area contributed by atoms with E-state index in [-0.39, 0.29) is 5.91 Å². The minimum absolute atomic E-state index is 0.135. The second-order valence-electron chi connectivity index (χ2n) is 9.55. The van der Waals surface area contributed by atoms with Crippen molar-refractivity contribution in [2.24, 2.45) is 0 Å². The van der Waals surface area contributed by atoms with Crippen LogP contribution in [0.15, 0.2) is 78.9 Å². The second kappa shape index (κ2) is 10.2. The third-order valence-corrected chi connectivity index (χ3v) is 7.30. The van der Waals surface area contributed by atoms with Crippen LogP contribution in [0.3, 0.4) is 0 Å². The number of pyridine rings is 1. The molecule has 1 amide bonds. The van der Waals surface area contributed by atoms with Gasteiger partial charge in [-0.2, -0.15) is 0 Å². The first kappa shape index (κ1) is 23.5. The fraction of sp³-hybridized carbons (Fsp3) is 0.267. The van der Waals surface area contributed by atoms with E-state index in [4.69, 9.17) is 16.6 Å². The summed E-state index contributed by atoms with van der Waals surface area (Å²) in [6.07, 6.45) is 3.82. The average molecular weight is 484 g/mol. The molecule has 1 unspecified atom stereocenters. The molecule has 0 radical (unpaired) electrons. The highest BCUT2D eigenvalue weighted by Gasteiger charge is 2.24. The maximum absolute atomic E-state index is 12.8. The number of likely N-dealkylation sites (tertiary alicyclic amines) is 1. The van der Waals surface area contributed by atoms with Gasteiger partial charge < -0.3 is 5.32 Å². The number of carbonyl (C=O) groups is 1. The fourth-order valence-corrected chi connectivity index (χ4v) is 5.09. The van der Waals surface area contributed by atoms with Gasteiger partial charge in [-0.3, -0.25) is 14.7 Å². The maximum Gasteiger partial charge on any atom is 0.255 e. The van der Waals surface area contributed by atoms with Crippen LogP contribution in [0.25, 0.3) is 22.0 Å². The van der Waals surface area contributed by atoms with Gasteiger partial charge in [0.05, 0.1) is 11.2 Å². The Kier molecular flexibility index (Phi) is 6.85. The van der Waals surface area contributed by atoms with Gasteiger partial charge in [0.25, 0.3) is 5.91 Å². The predicted octanol–water partition coefficient (Wildman–Crippen LogP) is 7.57. The zero-order chi connectivity index (χ0) is 24.4. The molecule has 4 aromatic rings. The lowest BCUT2D eigenvalue weighted by Crippen LogP contribution is -2.43. The number of halogens is 1. The zero-order valence-corrected chi connectivity index (χ0v) is 20.9. The van der Waals surface area contributed by atoms with Crippen molar-refractivity contribution in [1.82, 2.24) is 9.88 Å². The van der Waals surface area contributed by atoms with E-state index in [0.29, 0.717) is 22.7 Å². The van der Waals surface area contributed by atoms with Crippen molar-refractivity contribution in [3.05, 3.63) is 95.1 Å². The fourth-order valence-electron chi connectivity index (χ4n) is 4.97. The molecule has 0 bridgehead atoms. The normalized spacial score (nSPS) is 18.5. The summed E-state index contributed by atoms with van der Waals surface area (Å²) in [4.78, 5) is 20.3. The lowest BCUT2D eigenvalue weighted by Gasteiger charge is -2.38. The Labute approximate surface area is 212 Å². The molecular weight excluding hydrogens is 454 g/mol. The Morgan fingerprint density at radius 1 is 0.914 bits per heavy atom. The number of hydrogen-bond acceptors (Lipinski definition) is 3. The van der Waals surface area contributed by atoms with Crippen LogP contribution in [0, 0.1) is 0 Å². The summed E-state index contributed by atoms with van der Waals surface area (Å²) < 4.78 is 0. The molecule has 35 heavy (non-hydrogen) atoms. The molecule has 1 aromatic heterocycles. The molecule has 0 spiro atoms. The van der Waals surface area contributed by atoms with Gasteiger partial charge >= 0.3 is 0 Å². The summed E-state index contributed by atoms with van der Waals surface area (Å²) in [5.41, 5.74) is 5.52. The number of piperidine rings is 1. The number of carbonyl (C=O) groups excluding carboxylic acids is 1. The predicted molar refractivity (Wildman–Crippen MR) is 145 cm³/mol. The van der Waals surface area contributed by atoms with E-state index in [9.17, 15) is 4.79 Å². The van der Waals surface area contributed by atoms with Crippen molar-refractivity contribution in [3.8, 4) is 11.1 Å². The monoisotopic (exact) mass is 483 g/mol. The number of fused-ring (bicyclic) bond motifs is 1. The van der Waals surface area contributed by atoms with Gasteiger partial charge in [0.15, 0.2) is 0 Å². The highest BCUT2D eigenvalue weighted by atomic mass is 35.5. The Hall–Kier alpha value is -3.21. The molecular formula is C30H30ClN3O. The highest BCUT2D eigenvalue weighted by Crippen LogP contribution is 2.26. The molecule has 5 heteroatoms. The van der Waals surface area contributed by atoms with E-state index in [1.165, 1.54) is 19.3 Å². The third-order valence-electron chi connectivity index (χ3n) is 7.05. The Morgan fingerprint density at radius 3 is 2.26 bits per heavy atom. The van der Waals surface area contributed by atoms with E-state index in [1.54, 1.807) is 0 Å². The number of rotatable bonds is 5. The topological polar surface area (TPSA) is 45.2 Å². The standard InChI is InChI=1S/C30H30ClN3O/c1-20-4-3-5-21(2)34(20)19-28-15-12-25-18-27(16-17-29(25)32-28)33-30(35)24-8-6-22(7-9-24)23-10-13-26(31)14-11-23/h6-18,20-21H,3-5,19H2,1-2H3,(H,33,35)/t20-,21?/m0/s1. The largest absolute Gasteiger partial charge is 0.322 e. The van der Waals surface area contributed by atoms with Gasteiger partial charge in [-0.15, -0.1) is 0 Å². The first-order chi connectivity index (χ1) is 17.0. The molecule has 1 N–H and O–H groups in total. The van der Waals surface area contributed by atoms with Crippen LogP contribution >= 0.6 is 11.6 Å². The number of benzene rings is 3. The summed E-state index contributed by atoms with van der Waals surface area (Å²) in [5, 5.41) is 4.74. The number of nitrogens with zero attached hydrogens (tertiary/aromatic N) is 2. The summed E-state index contributed by atoms with van der Waals surface area (Å²) in [5.74, 6) is -0.135. The number of nitrogens with one attached hydrogen (secondary N) is 1. The first-order valence-electron chi connectivity index (χ1n) is 12.3. The van der Waals surface area contributed by atoms with Gasteiger partial charge in [0.1, 0.15) is 0 Å². The van der Waals surface area contributed by atoms with Crippen LogP contribution in [0.2, 0.25) is 5.02 Å². The van der Waals surface area contributed by atoms with Crippen molar-refractivity contribution in [2.45, 2.75) is 51.7 Å². The van der Waals surface area contributed by atoms with Gasteiger partial charge in [-0.25, -0.2) is 0 Å². The summed E-state index contributed by atoms with van der Waals surface area (Å²) in [7, 11) is 0. The van der Waals surface area contributed by atoms with Crippen molar-refractivity contribution < 1.29 is 4.79 Å². The van der Waals surface area contributed by atoms with Crippen LogP contribution in [-0.2, 0) is 6.54 Å². The summed E-state index contributed by atoms with van der Waals surface area (Å²) >= 11 is 5.98. The van der Waals surface area contributed by atoms with Crippen LogP contribution in [-0.4, -0.2) is 27.9 Å². The van der Waals surface area contributed by atoms with E-state index < -0.39 is 0 Å². The third kappa shape index (κ3) is 5.39. The second-order valence-corrected chi connectivity index (χ2v) is 9.99. The minimum atomic E-state index is -0.135. The van der Waals surface area contributed by atoms with Gasteiger partial charge in [0, 0.05) is 40.3 Å². The Bertz CT molecular complexity index is 1320. The van der Waals surface area contributed by atoms with Crippen molar-refractivity contribution in [1.29, 1.82) is 0 Å². The smallest absolute Gasteiger partial charge is 0.255 e. The maximum atomic E-state index is 12.8. The van der Waals surface area contributed by atoms with Gasteiger partial charge in [-0.05, 0) is 86.3 Å². The van der Waals surface area contributed by atoms with E-state index in [2.05, 4.69) is 36.2 Å². The van der Waals surface area contributed by atoms with Crippen LogP contribution < -0.4 is 5.32 Å². The Balaban J connectivity index is 1.27. The molecule has 2 heterocycles. The molecule has 1 saturated heterocycles. The van der Waals surface area contributed by atoms with Crippen LogP contribution in [0.5, 0.6) is 0 Å². The molecule has 0 aliphatic carbocycles. The molecule has 178 valence electrons. The molecule has 3 aromatic carbocycles. The Morgan fingerprint density at radius 2 is 1.57 bits per heavy atom. The van der Waals surface area contributed by atoms with Crippen LogP contribution in [0.1, 0.15) is 49.2 Å². The summed E-state index contributed by atoms with van der Waals surface area (Å²) in [6, 6.07) is 26.6. The molecule has 1 aliphatic rings. The number of amides is 1. The van der Waals surface area contributed by atoms with Crippen molar-refractivity contribution in [3.63, 3.8) is 0 Å². The zero-order valence-electron chi connectivity index (χ0n) is 20.2. The van der Waals surface area contributed by atoms with Crippen LogP contribution in [0.4, 0.5) is 5.69 Å². The molecule has 5 rings (SSSR count). The quantitative estimate of drug-likeness (QED) is 0.318. The SMILES string of the molecule is CC1CCC[C@H](C)N1Cc1ccc2cc(NC(=O)c3ccc(-c4ccc(Cl)cc4)cc3)ccc2n1. The number of anilines is 1. The number of aromatic nitrogens is 1. The lowest BCUT2D eigenvalue weighted by atomic mass is 9.97. The average Bonchev–Trinajstić information content (AvgIpc) is 2.87. The van der Waals surface area contributed by atoms with Gasteiger partial charge in [-0.1, -0.05) is 48.4 Å². The highest BCUT2D eigenvalue weighted by molar-refractivity contribution is 6.30. The molecule has 4 nitrogen and oxygen atoms in total. The lowest BCUT2D eigenvalue weighted by molar-refractivity contribution is 0.0939.